The second kappa shape index (κ2) is 9.95. The van der Waals surface area contributed by atoms with E-state index in [2.05, 4.69) is 14.9 Å². The number of imidazole rings is 2. The van der Waals surface area contributed by atoms with Crippen LogP contribution in [0.3, 0.4) is 0 Å². The average molecular weight is 547 g/mol. The van der Waals surface area contributed by atoms with Gasteiger partial charge in [0.15, 0.2) is 0 Å². The molecular weight excluding hydrogens is 521 g/mol. The Bertz CT molecular complexity index is 1550. The molecule has 0 saturated carbocycles. The summed E-state index contributed by atoms with van der Waals surface area (Å²) in [5.74, 6) is -0.0837. The molecule has 0 aliphatic carbocycles. The number of alkyl halides is 3. The van der Waals surface area contributed by atoms with Crippen LogP contribution >= 0.6 is 11.6 Å². The van der Waals surface area contributed by atoms with Gasteiger partial charge in [-0.3, -0.25) is 18.8 Å². The van der Waals surface area contributed by atoms with Crippen LogP contribution in [0.15, 0.2) is 47.3 Å². The number of hydrogen-bond acceptors (Lipinski definition) is 4. The number of aromatic amines is 1. The molecule has 200 valence electrons. The topological polar surface area (TPSA) is 102 Å². The largest absolute Gasteiger partial charge is 0.416 e. The standard InChI is InChI=1S/C26H26ClF3N6O2/c1-15-20(33-24(32-15)16-2-4-17(5-3-16)26(28,29)30)13-34-10-8-19(9-11-34)36-21-7-6-18(27)12-22(21)35(25(36)38)14-23(31)37/h2-7,12,19H,8-11,13-14H2,1H3,(H2,31,37)(H,32,33). The second-order valence-electron chi connectivity index (χ2n) is 9.58. The van der Waals surface area contributed by atoms with Crippen molar-refractivity contribution in [3.63, 3.8) is 0 Å². The van der Waals surface area contributed by atoms with Crippen molar-refractivity contribution in [2.24, 2.45) is 5.73 Å². The monoisotopic (exact) mass is 546 g/mol. The van der Waals surface area contributed by atoms with E-state index in [0.717, 1.165) is 36.6 Å². The van der Waals surface area contributed by atoms with Crippen molar-refractivity contribution in [2.45, 2.75) is 45.1 Å². The number of primary amides is 1. The highest BCUT2D eigenvalue weighted by molar-refractivity contribution is 6.31. The zero-order chi connectivity index (χ0) is 27.2. The van der Waals surface area contributed by atoms with Gasteiger partial charge >= 0.3 is 11.9 Å². The molecule has 0 radical (unpaired) electrons. The lowest BCUT2D eigenvalue weighted by atomic mass is 10.0. The van der Waals surface area contributed by atoms with E-state index >= 15 is 0 Å². The minimum Gasteiger partial charge on any atom is -0.368 e. The van der Waals surface area contributed by atoms with Crippen molar-refractivity contribution in [2.75, 3.05) is 13.1 Å². The summed E-state index contributed by atoms with van der Waals surface area (Å²) in [5, 5.41) is 0.465. The highest BCUT2D eigenvalue weighted by atomic mass is 35.5. The molecule has 2 aromatic heterocycles. The first-order chi connectivity index (χ1) is 18.0. The maximum atomic E-state index is 13.3. The number of nitrogens with zero attached hydrogens (tertiary/aromatic N) is 4. The van der Waals surface area contributed by atoms with Crippen molar-refractivity contribution in [1.29, 1.82) is 0 Å². The van der Waals surface area contributed by atoms with Crippen LogP contribution in [0.5, 0.6) is 0 Å². The fourth-order valence-electron chi connectivity index (χ4n) is 5.07. The molecule has 1 aliphatic rings. The van der Waals surface area contributed by atoms with Gasteiger partial charge in [0.05, 0.1) is 22.3 Å². The molecule has 0 spiro atoms. The number of likely N-dealkylation sites (tertiary alicyclic amines) is 1. The van der Waals surface area contributed by atoms with Crippen molar-refractivity contribution >= 4 is 28.5 Å². The number of H-pyrrole nitrogens is 1. The maximum Gasteiger partial charge on any atom is 0.416 e. The first-order valence-corrected chi connectivity index (χ1v) is 12.5. The number of fused-ring (bicyclic) bond motifs is 1. The number of aromatic nitrogens is 4. The Labute approximate surface area is 220 Å². The molecule has 1 saturated heterocycles. The van der Waals surface area contributed by atoms with E-state index in [0.29, 0.717) is 46.8 Å². The van der Waals surface area contributed by atoms with Gasteiger partial charge in [-0.15, -0.1) is 0 Å². The van der Waals surface area contributed by atoms with Crippen molar-refractivity contribution < 1.29 is 18.0 Å². The minimum absolute atomic E-state index is 0.0560. The molecule has 38 heavy (non-hydrogen) atoms. The summed E-state index contributed by atoms with van der Waals surface area (Å²) in [6.45, 7) is 3.68. The summed E-state index contributed by atoms with van der Waals surface area (Å²) >= 11 is 6.15. The van der Waals surface area contributed by atoms with Crippen LogP contribution in [0.2, 0.25) is 5.02 Å². The zero-order valence-corrected chi connectivity index (χ0v) is 21.3. The lowest BCUT2D eigenvalue weighted by molar-refractivity contribution is -0.137. The number of rotatable bonds is 6. The first-order valence-electron chi connectivity index (χ1n) is 12.2. The minimum atomic E-state index is -4.39. The fraction of sp³-hybridized carbons (Fsp3) is 0.346. The Morgan fingerprint density at radius 2 is 1.82 bits per heavy atom. The summed E-state index contributed by atoms with van der Waals surface area (Å²) in [6.07, 6.45) is -2.95. The lowest BCUT2D eigenvalue weighted by Crippen LogP contribution is -2.38. The van der Waals surface area contributed by atoms with E-state index in [1.165, 1.54) is 16.7 Å². The first kappa shape index (κ1) is 26.1. The van der Waals surface area contributed by atoms with Crippen LogP contribution in [0.4, 0.5) is 13.2 Å². The van der Waals surface area contributed by atoms with Gasteiger partial charge in [-0.05, 0) is 50.1 Å². The summed E-state index contributed by atoms with van der Waals surface area (Å²) in [4.78, 5) is 34.9. The highest BCUT2D eigenvalue weighted by Crippen LogP contribution is 2.31. The predicted molar refractivity (Wildman–Crippen MR) is 138 cm³/mol. The Morgan fingerprint density at radius 1 is 1.13 bits per heavy atom. The third kappa shape index (κ3) is 5.08. The van der Waals surface area contributed by atoms with Crippen LogP contribution in [0.25, 0.3) is 22.4 Å². The molecule has 1 fully saturated rings. The van der Waals surface area contributed by atoms with Crippen LogP contribution in [-0.2, 0) is 24.1 Å². The number of amides is 1. The third-order valence-electron chi connectivity index (χ3n) is 7.01. The number of hydrogen-bond donors (Lipinski definition) is 2. The number of aryl methyl sites for hydroxylation is 1. The molecule has 3 N–H and O–H groups in total. The van der Waals surface area contributed by atoms with E-state index in [-0.39, 0.29) is 18.3 Å². The molecule has 1 aliphatic heterocycles. The van der Waals surface area contributed by atoms with Gasteiger partial charge in [0.25, 0.3) is 0 Å². The molecule has 4 aromatic rings. The third-order valence-corrected chi connectivity index (χ3v) is 7.24. The van der Waals surface area contributed by atoms with Crippen LogP contribution in [0.1, 0.15) is 35.8 Å². The molecule has 0 atom stereocenters. The molecular formula is C26H26ClF3N6O2. The van der Waals surface area contributed by atoms with Gasteiger partial charge in [-0.1, -0.05) is 23.7 Å². The van der Waals surface area contributed by atoms with E-state index in [1.54, 1.807) is 22.8 Å². The van der Waals surface area contributed by atoms with Gasteiger partial charge in [0.2, 0.25) is 5.91 Å². The van der Waals surface area contributed by atoms with Gasteiger partial charge in [-0.25, -0.2) is 9.78 Å². The van der Waals surface area contributed by atoms with E-state index < -0.39 is 17.6 Å². The maximum absolute atomic E-state index is 13.3. The van der Waals surface area contributed by atoms with Crippen LogP contribution < -0.4 is 11.4 Å². The quantitative estimate of drug-likeness (QED) is 0.372. The molecule has 8 nitrogen and oxygen atoms in total. The Morgan fingerprint density at radius 3 is 2.45 bits per heavy atom. The summed E-state index contributed by atoms with van der Waals surface area (Å²) in [7, 11) is 0. The Hall–Kier alpha value is -3.57. The van der Waals surface area contributed by atoms with Crippen molar-refractivity contribution in [3.05, 3.63) is 74.9 Å². The Kier molecular flexibility index (Phi) is 6.83. The van der Waals surface area contributed by atoms with Crippen LogP contribution in [0, 0.1) is 6.92 Å². The van der Waals surface area contributed by atoms with Crippen molar-refractivity contribution in [1.82, 2.24) is 24.0 Å². The molecule has 12 heteroatoms. The molecule has 5 rings (SSSR count). The summed E-state index contributed by atoms with van der Waals surface area (Å²) < 4.78 is 41.7. The van der Waals surface area contributed by atoms with Gasteiger partial charge in [-0.2, -0.15) is 13.2 Å². The Balaban J connectivity index is 1.30. The normalized spacial score (nSPS) is 15.4. The molecule has 3 heterocycles. The SMILES string of the molecule is Cc1[nH]c(-c2ccc(C(F)(F)F)cc2)nc1CN1CCC(n2c(=O)n(CC(N)=O)c3cc(Cl)ccc32)CC1. The zero-order valence-electron chi connectivity index (χ0n) is 20.6. The van der Waals surface area contributed by atoms with Gasteiger partial charge in [0, 0.05) is 42.0 Å². The number of nitrogens with two attached hydrogens (primary N) is 1. The van der Waals surface area contributed by atoms with Crippen molar-refractivity contribution in [3.8, 4) is 11.4 Å². The van der Waals surface area contributed by atoms with Gasteiger partial charge < -0.3 is 10.7 Å². The number of carbonyl (C=O) groups is 1. The van der Waals surface area contributed by atoms with E-state index in [1.807, 2.05) is 6.92 Å². The number of benzene rings is 2. The number of halogens is 4. The lowest BCUT2D eigenvalue weighted by Gasteiger charge is -2.32. The number of carbonyl (C=O) groups excluding carboxylic acids is 1. The summed E-state index contributed by atoms with van der Waals surface area (Å²) in [5.41, 5.74) is 7.93. The molecule has 0 unspecified atom stereocenters. The predicted octanol–water partition coefficient (Wildman–Crippen LogP) is 4.50. The van der Waals surface area contributed by atoms with Gasteiger partial charge in [0.1, 0.15) is 12.4 Å². The molecule has 1 amide bonds. The highest BCUT2D eigenvalue weighted by Gasteiger charge is 2.30. The number of piperidine rings is 1. The fourth-order valence-corrected chi connectivity index (χ4v) is 5.23. The summed E-state index contributed by atoms with van der Waals surface area (Å²) in [6, 6.07) is 10.0. The molecule has 2 aromatic carbocycles. The smallest absolute Gasteiger partial charge is 0.368 e. The van der Waals surface area contributed by atoms with E-state index in [4.69, 9.17) is 17.3 Å². The van der Waals surface area contributed by atoms with Crippen LogP contribution in [-0.4, -0.2) is 43.0 Å². The molecule has 0 bridgehead atoms. The number of nitrogens with one attached hydrogen (secondary N) is 1. The van der Waals surface area contributed by atoms with E-state index in [9.17, 15) is 22.8 Å². The average Bonchev–Trinajstić information content (AvgIpc) is 3.35. The second-order valence-corrected chi connectivity index (χ2v) is 10.0.